The maximum atomic E-state index is 13.9. The average Bonchev–Trinajstić information content (AvgIpc) is 3.59. The van der Waals surface area contributed by atoms with E-state index in [0.29, 0.717) is 29.7 Å². The van der Waals surface area contributed by atoms with Crippen LogP contribution in [0.25, 0.3) is 17.1 Å². The van der Waals surface area contributed by atoms with E-state index < -0.39 is 5.82 Å². The van der Waals surface area contributed by atoms with Crippen molar-refractivity contribution in [3.63, 3.8) is 0 Å². The van der Waals surface area contributed by atoms with Gasteiger partial charge in [-0.3, -0.25) is 10.4 Å². The van der Waals surface area contributed by atoms with Crippen molar-refractivity contribution < 1.29 is 9.18 Å². The fourth-order valence-electron chi connectivity index (χ4n) is 3.95. The summed E-state index contributed by atoms with van der Waals surface area (Å²) in [4.78, 5) is 19.3. The number of hydrogen-bond donors (Lipinski definition) is 2. The van der Waals surface area contributed by atoms with Crippen LogP contribution < -0.4 is 5.32 Å². The summed E-state index contributed by atoms with van der Waals surface area (Å²) in [6.07, 6.45) is 3.16. The van der Waals surface area contributed by atoms with Crippen molar-refractivity contribution in [2.75, 3.05) is 11.9 Å². The highest BCUT2D eigenvalue weighted by atomic mass is 19.1. The van der Waals surface area contributed by atoms with Gasteiger partial charge in [0.25, 0.3) is 0 Å². The van der Waals surface area contributed by atoms with E-state index in [4.69, 9.17) is 0 Å². The number of nitrogens with zero attached hydrogens (tertiary/aromatic N) is 6. The molecule has 1 fully saturated rings. The molecule has 0 aliphatic carbocycles. The second-order valence-corrected chi connectivity index (χ2v) is 7.58. The molecule has 33 heavy (non-hydrogen) atoms. The Morgan fingerprint density at radius 1 is 1.18 bits per heavy atom. The number of nitrogens with one attached hydrogen (secondary N) is 2. The number of amides is 2. The molecular weight excluding hydrogens is 423 g/mol. The number of H-pyrrole nitrogens is 1. The van der Waals surface area contributed by atoms with Crippen LogP contribution in [0.5, 0.6) is 0 Å². The van der Waals surface area contributed by atoms with E-state index in [9.17, 15) is 14.4 Å². The van der Waals surface area contributed by atoms with Crippen LogP contribution in [0.1, 0.15) is 30.3 Å². The normalized spacial score (nSPS) is 15.4. The topological polar surface area (TPSA) is 116 Å². The first-order chi connectivity index (χ1) is 16.1. The van der Waals surface area contributed by atoms with Crippen LogP contribution >= 0.6 is 0 Å². The molecule has 1 unspecified atom stereocenters. The number of urea groups is 1. The number of benzene rings is 2. The zero-order valence-electron chi connectivity index (χ0n) is 17.4. The van der Waals surface area contributed by atoms with Gasteiger partial charge in [-0.25, -0.2) is 18.9 Å². The number of hydrogen-bond acceptors (Lipinski definition) is 5. The number of aromatic nitrogens is 5. The third kappa shape index (κ3) is 3.92. The number of halogens is 1. The second-order valence-electron chi connectivity index (χ2n) is 7.58. The molecule has 4 aromatic rings. The largest absolute Gasteiger partial charge is 0.323 e. The summed E-state index contributed by atoms with van der Waals surface area (Å²) in [6, 6.07) is 16.8. The summed E-state index contributed by atoms with van der Waals surface area (Å²) >= 11 is 0. The number of likely N-dealkylation sites (tertiary alicyclic amines) is 1. The Kier molecular flexibility index (Phi) is 5.28. The van der Waals surface area contributed by atoms with Gasteiger partial charge in [0.15, 0.2) is 11.6 Å². The molecule has 1 aliphatic heterocycles. The fraction of sp³-hybridized carbons (Fsp3) is 0.174. The summed E-state index contributed by atoms with van der Waals surface area (Å²) in [7, 11) is 0. The maximum absolute atomic E-state index is 13.9. The van der Waals surface area contributed by atoms with Gasteiger partial charge in [0.2, 0.25) is 0 Å². The van der Waals surface area contributed by atoms with E-state index in [1.807, 2.05) is 36.4 Å². The number of nitriles is 1. The lowest BCUT2D eigenvalue weighted by atomic mass is 10.2. The summed E-state index contributed by atoms with van der Waals surface area (Å²) in [6.45, 7) is 0.570. The molecule has 164 valence electrons. The van der Waals surface area contributed by atoms with Gasteiger partial charge in [-0.05, 0) is 25.0 Å². The van der Waals surface area contributed by atoms with Crippen LogP contribution in [0, 0.1) is 17.1 Å². The van der Waals surface area contributed by atoms with Crippen LogP contribution in [0.4, 0.5) is 15.0 Å². The van der Waals surface area contributed by atoms with Crippen LogP contribution in [0.3, 0.4) is 0 Å². The molecular formula is C23H19FN8O. The lowest BCUT2D eigenvalue weighted by Crippen LogP contribution is -2.35. The SMILES string of the molecule is N#Cc1c(F)cccc1-n1ccc(NC(=O)N2CCCC2c2nc(-c3ccccc3)n[nH]2)n1. The third-order valence-electron chi connectivity index (χ3n) is 5.54. The number of rotatable bonds is 4. The molecule has 9 nitrogen and oxygen atoms in total. The number of carbonyl (C=O) groups is 1. The van der Waals surface area contributed by atoms with Crippen molar-refractivity contribution in [3.8, 4) is 23.1 Å². The molecule has 0 spiro atoms. The highest BCUT2D eigenvalue weighted by Gasteiger charge is 2.33. The van der Waals surface area contributed by atoms with Gasteiger partial charge in [-0.2, -0.15) is 10.4 Å². The Labute approximate surface area is 188 Å². The predicted octanol–water partition coefficient (Wildman–Crippen LogP) is 4.04. The second kappa shape index (κ2) is 8.55. The van der Waals surface area contributed by atoms with Gasteiger partial charge >= 0.3 is 6.03 Å². The lowest BCUT2D eigenvalue weighted by Gasteiger charge is -2.22. The van der Waals surface area contributed by atoms with E-state index >= 15 is 0 Å². The Morgan fingerprint density at radius 2 is 2.03 bits per heavy atom. The molecule has 2 N–H and O–H groups in total. The number of carbonyl (C=O) groups excluding carboxylic acids is 1. The Morgan fingerprint density at radius 3 is 2.85 bits per heavy atom. The first-order valence-electron chi connectivity index (χ1n) is 10.4. The van der Waals surface area contributed by atoms with Gasteiger partial charge in [-0.15, -0.1) is 5.10 Å². The van der Waals surface area contributed by atoms with Gasteiger partial charge in [0.1, 0.15) is 23.3 Å². The molecule has 0 bridgehead atoms. The minimum absolute atomic E-state index is 0.113. The lowest BCUT2D eigenvalue weighted by molar-refractivity contribution is 0.205. The molecule has 1 aliphatic rings. The first-order valence-corrected chi connectivity index (χ1v) is 10.4. The van der Waals surface area contributed by atoms with E-state index in [-0.39, 0.29) is 17.6 Å². The fourth-order valence-corrected chi connectivity index (χ4v) is 3.95. The van der Waals surface area contributed by atoms with E-state index in [1.165, 1.54) is 16.8 Å². The van der Waals surface area contributed by atoms with E-state index in [0.717, 1.165) is 18.4 Å². The van der Waals surface area contributed by atoms with Crippen molar-refractivity contribution in [2.45, 2.75) is 18.9 Å². The Balaban J connectivity index is 1.32. The van der Waals surface area contributed by atoms with Crippen LogP contribution in [0.15, 0.2) is 60.8 Å². The molecule has 5 rings (SSSR count). The minimum Gasteiger partial charge on any atom is -0.314 e. The third-order valence-corrected chi connectivity index (χ3v) is 5.54. The molecule has 0 saturated carbocycles. The molecule has 1 atom stereocenters. The van der Waals surface area contributed by atoms with Crippen molar-refractivity contribution in [2.24, 2.45) is 0 Å². The van der Waals surface area contributed by atoms with Gasteiger partial charge in [0.05, 0.1) is 11.7 Å². The number of anilines is 1. The van der Waals surface area contributed by atoms with Crippen molar-refractivity contribution in [3.05, 3.63) is 78.0 Å². The van der Waals surface area contributed by atoms with Crippen LogP contribution in [-0.2, 0) is 0 Å². The number of aromatic amines is 1. The quantitative estimate of drug-likeness (QED) is 0.495. The smallest absolute Gasteiger partial charge is 0.314 e. The predicted molar refractivity (Wildman–Crippen MR) is 118 cm³/mol. The summed E-state index contributed by atoms with van der Waals surface area (Å²) < 4.78 is 15.3. The monoisotopic (exact) mass is 442 g/mol. The molecule has 3 heterocycles. The average molecular weight is 442 g/mol. The summed E-state index contributed by atoms with van der Waals surface area (Å²) in [5.74, 6) is 0.879. The summed E-state index contributed by atoms with van der Waals surface area (Å²) in [5.41, 5.74) is 1.08. The Hall–Kier alpha value is -4.52. The van der Waals surface area contributed by atoms with Crippen LogP contribution in [0.2, 0.25) is 0 Å². The maximum Gasteiger partial charge on any atom is 0.323 e. The van der Waals surface area contributed by atoms with Crippen molar-refractivity contribution in [1.82, 2.24) is 29.9 Å². The molecule has 2 aromatic heterocycles. The molecule has 1 saturated heterocycles. The van der Waals surface area contributed by atoms with Crippen molar-refractivity contribution in [1.29, 1.82) is 5.26 Å². The standard InChI is InChI=1S/C23H19FN8O/c24-17-8-4-9-18(16(17)14-25)32-13-11-20(30-32)26-23(33)31-12-5-10-19(31)22-27-21(28-29-22)15-6-2-1-3-7-15/h1-4,6-9,11,13,19H,5,10,12H2,(H,26,30,33)(H,27,28,29). The van der Waals surface area contributed by atoms with Gasteiger partial charge < -0.3 is 4.90 Å². The Bertz CT molecular complexity index is 1340. The molecule has 10 heteroatoms. The zero-order chi connectivity index (χ0) is 22.8. The van der Waals surface area contributed by atoms with E-state index in [1.54, 1.807) is 23.2 Å². The van der Waals surface area contributed by atoms with Gasteiger partial charge in [0, 0.05) is 24.4 Å². The first kappa shape index (κ1) is 20.4. The molecule has 2 amide bonds. The zero-order valence-corrected chi connectivity index (χ0v) is 17.4. The minimum atomic E-state index is -0.627. The van der Waals surface area contributed by atoms with Crippen LogP contribution in [-0.4, -0.2) is 42.4 Å². The highest BCUT2D eigenvalue weighted by molar-refractivity contribution is 5.88. The van der Waals surface area contributed by atoms with Crippen molar-refractivity contribution >= 4 is 11.8 Å². The highest BCUT2D eigenvalue weighted by Crippen LogP contribution is 2.31. The van der Waals surface area contributed by atoms with E-state index in [2.05, 4.69) is 25.6 Å². The molecule has 2 aromatic carbocycles. The summed E-state index contributed by atoms with van der Waals surface area (Å²) in [5, 5.41) is 23.6. The van der Waals surface area contributed by atoms with Gasteiger partial charge in [-0.1, -0.05) is 36.4 Å². The molecule has 0 radical (unpaired) electrons.